The van der Waals surface area contributed by atoms with E-state index in [2.05, 4.69) is 5.32 Å². The van der Waals surface area contributed by atoms with E-state index in [1.54, 1.807) is 4.90 Å². The lowest BCUT2D eigenvalue weighted by molar-refractivity contribution is -0.133. The molecule has 0 radical (unpaired) electrons. The number of nitrogens with one attached hydrogen (secondary N) is 1. The third-order valence-electron chi connectivity index (χ3n) is 2.98. The summed E-state index contributed by atoms with van der Waals surface area (Å²) in [6, 6.07) is -0.232. The fourth-order valence-electron chi connectivity index (χ4n) is 1.91. The second-order valence-electron chi connectivity index (χ2n) is 4.05. The van der Waals surface area contributed by atoms with Crippen LogP contribution in [0, 0.1) is 5.92 Å². The SMILES string of the molecule is CCN1CCC(=O)NC(C2CC2)C1=O. The first kappa shape index (κ1) is 9.49. The van der Waals surface area contributed by atoms with Crippen molar-refractivity contribution in [3.05, 3.63) is 0 Å². The van der Waals surface area contributed by atoms with Crippen LogP contribution in [0.3, 0.4) is 0 Å². The highest BCUT2D eigenvalue weighted by Gasteiger charge is 2.40. The lowest BCUT2D eigenvalue weighted by atomic mass is 10.1. The van der Waals surface area contributed by atoms with E-state index in [1.807, 2.05) is 6.92 Å². The second-order valence-corrected chi connectivity index (χ2v) is 4.05. The van der Waals surface area contributed by atoms with Gasteiger partial charge in [-0.3, -0.25) is 9.59 Å². The maximum atomic E-state index is 11.9. The van der Waals surface area contributed by atoms with Crippen LogP contribution in [0.25, 0.3) is 0 Å². The Bertz CT molecular complexity index is 261. The molecule has 0 bridgehead atoms. The minimum absolute atomic E-state index is 0.0196. The molecule has 4 heteroatoms. The summed E-state index contributed by atoms with van der Waals surface area (Å²) in [5.74, 6) is 0.533. The molecule has 1 saturated heterocycles. The molecule has 1 unspecified atom stereocenters. The van der Waals surface area contributed by atoms with Gasteiger partial charge in [0.25, 0.3) is 0 Å². The van der Waals surface area contributed by atoms with Gasteiger partial charge in [-0.05, 0) is 25.7 Å². The van der Waals surface area contributed by atoms with E-state index < -0.39 is 0 Å². The predicted molar refractivity (Wildman–Crippen MR) is 51.5 cm³/mol. The summed E-state index contributed by atoms with van der Waals surface area (Å²) in [4.78, 5) is 25.0. The molecule has 0 aromatic rings. The van der Waals surface area contributed by atoms with E-state index in [1.165, 1.54) is 0 Å². The van der Waals surface area contributed by atoms with Crippen molar-refractivity contribution < 1.29 is 9.59 Å². The highest BCUT2D eigenvalue weighted by molar-refractivity contribution is 5.90. The van der Waals surface area contributed by atoms with Crippen molar-refractivity contribution in [2.45, 2.75) is 32.2 Å². The number of carbonyl (C=O) groups is 2. The molecule has 1 heterocycles. The fourth-order valence-corrected chi connectivity index (χ4v) is 1.91. The van der Waals surface area contributed by atoms with Gasteiger partial charge in [-0.2, -0.15) is 0 Å². The lowest BCUT2D eigenvalue weighted by Gasteiger charge is -2.22. The van der Waals surface area contributed by atoms with Gasteiger partial charge in [0.1, 0.15) is 6.04 Å². The summed E-state index contributed by atoms with van der Waals surface area (Å²) in [6.07, 6.45) is 2.60. The highest BCUT2D eigenvalue weighted by Crippen LogP contribution is 2.34. The molecule has 78 valence electrons. The van der Waals surface area contributed by atoms with Crippen LogP contribution in [-0.4, -0.2) is 35.8 Å². The molecular formula is C10H16N2O2. The first-order valence-electron chi connectivity index (χ1n) is 5.30. The smallest absolute Gasteiger partial charge is 0.245 e. The van der Waals surface area contributed by atoms with E-state index in [9.17, 15) is 9.59 Å². The van der Waals surface area contributed by atoms with Crippen LogP contribution in [0.4, 0.5) is 0 Å². The van der Waals surface area contributed by atoms with Crippen LogP contribution in [-0.2, 0) is 9.59 Å². The zero-order valence-corrected chi connectivity index (χ0v) is 8.45. The van der Waals surface area contributed by atoms with Gasteiger partial charge in [-0.25, -0.2) is 0 Å². The van der Waals surface area contributed by atoms with Crippen LogP contribution in [0.1, 0.15) is 26.2 Å². The third-order valence-corrected chi connectivity index (χ3v) is 2.98. The number of rotatable bonds is 2. The number of likely N-dealkylation sites (N-methyl/N-ethyl adjacent to an activating group) is 1. The van der Waals surface area contributed by atoms with Crippen LogP contribution in [0.5, 0.6) is 0 Å². The van der Waals surface area contributed by atoms with Crippen molar-refractivity contribution in [1.82, 2.24) is 10.2 Å². The summed E-state index contributed by atoms with van der Waals surface area (Å²) in [5, 5.41) is 2.82. The first-order valence-corrected chi connectivity index (χ1v) is 5.30. The minimum Gasteiger partial charge on any atom is -0.344 e. The molecule has 2 rings (SSSR count). The van der Waals surface area contributed by atoms with E-state index in [0.717, 1.165) is 12.8 Å². The Morgan fingerprint density at radius 1 is 1.43 bits per heavy atom. The predicted octanol–water partition coefficient (Wildman–Crippen LogP) is 0.133. The van der Waals surface area contributed by atoms with E-state index >= 15 is 0 Å². The molecule has 2 aliphatic rings. The van der Waals surface area contributed by atoms with Crippen LogP contribution in [0.2, 0.25) is 0 Å². The van der Waals surface area contributed by atoms with Crippen molar-refractivity contribution in [2.75, 3.05) is 13.1 Å². The highest BCUT2D eigenvalue weighted by atomic mass is 16.2. The molecule has 1 N–H and O–H groups in total. The summed E-state index contributed by atoms with van der Waals surface area (Å²) < 4.78 is 0. The van der Waals surface area contributed by atoms with Gasteiger partial charge < -0.3 is 10.2 Å². The minimum atomic E-state index is -0.232. The number of hydrogen-bond donors (Lipinski definition) is 1. The average molecular weight is 196 g/mol. The molecule has 1 aliphatic heterocycles. The average Bonchev–Trinajstić information content (AvgIpc) is 2.96. The molecule has 0 spiro atoms. The van der Waals surface area contributed by atoms with Crippen LogP contribution in [0.15, 0.2) is 0 Å². The Balaban J connectivity index is 2.11. The topological polar surface area (TPSA) is 49.4 Å². The summed E-state index contributed by atoms with van der Waals surface area (Å²) in [6.45, 7) is 3.24. The molecule has 1 saturated carbocycles. The molecule has 0 aromatic carbocycles. The van der Waals surface area contributed by atoms with Crippen molar-refractivity contribution in [3.8, 4) is 0 Å². The maximum absolute atomic E-state index is 11.9. The molecule has 14 heavy (non-hydrogen) atoms. The van der Waals surface area contributed by atoms with Crippen molar-refractivity contribution in [3.63, 3.8) is 0 Å². The Morgan fingerprint density at radius 2 is 2.14 bits per heavy atom. The normalized spacial score (nSPS) is 28.6. The largest absolute Gasteiger partial charge is 0.344 e. The first-order chi connectivity index (χ1) is 6.72. The van der Waals surface area contributed by atoms with Crippen molar-refractivity contribution in [2.24, 2.45) is 5.92 Å². The Hall–Kier alpha value is -1.06. The zero-order chi connectivity index (χ0) is 10.1. The van der Waals surface area contributed by atoms with E-state index in [-0.39, 0.29) is 17.9 Å². The van der Waals surface area contributed by atoms with Gasteiger partial charge in [-0.15, -0.1) is 0 Å². The second kappa shape index (κ2) is 3.59. The third kappa shape index (κ3) is 1.74. The van der Waals surface area contributed by atoms with Gasteiger partial charge in [0.15, 0.2) is 0 Å². The van der Waals surface area contributed by atoms with Gasteiger partial charge in [0.05, 0.1) is 0 Å². The Morgan fingerprint density at radius 3 is 2.71 bits per heavy atom. The Labute approximate surface area is 83.6 Å². The van der Waals surface area contributed by atoms with Gasteiger partial charge >= 0.3 is 0 Å². The zero-order valence-electron chi connectivity index (χ0n) is 8.45. The fraction of sp³-hybridized carbons (Fsp3) is 0.800. The number of nitrogens with zero attached hydrogens (tertiary/aromatic N) is 1. The molecule has 2 amide bonds. The molecule has 1 atom stereocenters. The number of amides is 2. The van der Waals surface area contributed by atoms with Gasteiger partial charge in [-0.1, -0.05) is 0 Å². The maximum Gasteiger partial charge on any atom is 0.245 e. The number of carbonyl (C=O) groups excluding carboxylic acids is 2. The number of hydrogen-bond acceptors (Lipinski definition) is 2. The van der Waals surface area contributed by atoms with Crippen molar-refractivity contribution in [1.29, 1.82) is 0 Å². The monoisotopic (exact) mass is 196 g/mol. The summed E-state index contributed by atoms with van der Waals surface area (Å²) in [5.41, 5.74) is 0. The summed E-state index contributed by atoms with van der Waals surface area (Å²) >= 11 is 0. The standard InChI is InChI=1S/C10H16N2O2/c1-2-12-6-5-8(13)11-9(10(12)14)7-3-4-7/h7,9H,2-6H2,1H3,(H,11,13). The van der Waals surface area contributed by atoms with E-state index in [4.69, 9.17) is 0 Å². The Kier molecular flexibility index (Phi) is 2.44. The van der Waals surface area contributed by atoms with Crippen LogP contribution >= 0.6 is 0 Å². The molecular weight excluding hydrogens is 180 g/mol. The molecule has 2 fully saturated rings. The van der Waals surface area contributed by atoms with Crippen molar-refractivity contribution >= 4 is 11.8 Å². The van der Waals surface area contributed by atoms with Crippen LogP contribution < -0.4 is 5.32 Å². The molecule has 4 nitrogen and oxygen atoms in total. The summed E-state index contributed by atoms with van der Waals surface area (Å²) in [7, 11) is 0. The van der Waals surface area contributed by atoms with Gasteiger partial charge in [0, 0.05) is 19.5 Å². The van der Waals surface area contributed by atoms with Gasteiger partial charge in [0.2, 0.25) is 11.8 Å². The molecule has 0 aromatic heterocycles. The quantitative estimate of drug-likeness (QED) is 0.682. The lowest BCUT2D eigenvalue weighted by Crippen LogP contribution is -2.45. The molecule has 1 aliphatic carbocycles. The van der Waals surface area contributed by atoms with E-state index in [0.29, 0.717) is 25.4 Å².